The highest BCUT2D eigenvalue weighted by Crippen LogP contribution is 2.37. The second-order valence-electron chi connectivity index (χ2n) is 7.05. The van der Waals surface area contributed by atoms with Gasteiger partial charge in [-0.25, -0.2) is 8.42 Å². The number of carbonyl (C=O) groups excluding carboxylic acids is 2. The summed E-state index contributed by atoms with van der Waals surface area (Å²) in [6, 6.07) is 14.5. The standard InChI is InChI=1S/C21H24N2O4S2/c1-14(12-20(24)22-11-10-16-6-4-3-5-7-16)29(26,27)17-8-9-19-18(13-17)23-21(25)15(2)28-19/h3-9,13-15H,10-12H2,1-2H3,(H,22,24)(H,23,25)/t14-,15-/m0/s1. The van der Waals surface area contributed by atoms with Crippen LogP contribution in [0.4, 0.5) is 5.69 Å². The van der Waals surface area contributed by atoms with E-state index in [4.69, 9.17) is 0 Å². The van der Waals surface area contributed by atoms with Crippen LogP contribution in [0.5, 0.6) is 0 Å². The van der Waals surface area contributed by atoms with Crippen LogP contribution in [0.2, 0.25) is 0 Å². The highest BCUT2D eigenvalue weighted by atomic mass is 32.2. The predicted molar refractivity (Wildman–Crippen MR) is 115 cm³/mol. The number of rotatable bonds is 7. The zero-order valence-corrected chi connectivity index (χ0v) is 18.0. The molecule has 2 N–H and O–H groups in total. The number of amides is 2. The summed E-state index contributed by atoms with van der Waals surface area (Å²) >= 11 is 1.39. The number of thioether (sulfide) groups is 1. The van der Waals surface area contributed by atoms with E-state index in [0.717, 1.165) is 10.5 Å². The van der Waals surface area contributed by atoms with Crippen LogP contribution in [-0.4, -0.2) is 37.3 Å². The van der Waals surface area contributed by atoms with Crippen molar-refractivity contribution in [2.45, 2.75) is 47.0 Å². The summed E-state index contributed by atoms with van der Waals surface area (Å²) in [6.07, 6.45) is 0.570. The molecular formula is C21H24N2O4S2. The first kappa shape index (κ1) is 21.4. The van der Waals surface area contributed by atoms with Crippen molar-refractivity contribution in [1.29, 1.82) is 0 Å². The topological polar surface area (TPSA) is 92.3 Å². The molecule has 8 heteroatoms. The summed E-state index contributed by atoms with van der Waals surface area (Å²) in [5.74, 6) is -0.449. The van der Waals surface area contributed by atoms with Crippen molar-refractivity contribution >= 4 is 39.1 Å². The largest absolute Gasteiger partial charge is 0.356 e. The molecule has 1 aliphatic heterocycles. The van der Waals surface area contributed by atoms with Gasteiger partial charge in [0.15, 0.2) is 9.84 Å². The Morgan fingerprint density at radius 2 is 1.93 bits per heavy atom. The molecule has 6 nitrogen and oxygen atoms in total. The van der Waals surface area contributed by atoms with Crippen LogP contribution in [-0.2, 0) is 25.8 Å². The first-order valence-electron chi connectivity index (χ1n) is 9.43. The highest BCUT2D eigenvalue weighted by Gasteiger charge is 2.29. The molecular weight excluding hydrogens is 408 g/mol. The van der Waals surface area contributed by atoms with Gasteiger partial charge in [0.25, 0.3) is 0 Å². The number of fused-ring (bicyclic) bond motifs is 1. The maximum absolute atomic E-state index is 12.9. The van der Waals surface area contributed by atoms with Crippen molar-refractivity contribution in [2.75, 3.05) is 11.9 Å². The van der Waals surface area contributed by atoms with Gasteiger partial charge in [-0.15, -0.1) is 11.8 Å². The van der Waals surface area contributed by atoms with Gasteiger partial charge in [-0.05, 0) is 44.0 Å². The van der Waals surface area contributed by atoms with E-state index in [9.17, 15) is 18.0 Å². The third-order valence-electron chi connectivity index (χ3n) is 4.79. The fourth-order valence-corrected chi connectivity index (χ4v) is 5.34. The van der Waals surface area contributed by atoms with E-state index < -0.39 is 15.1 Å². The third-order valence-corrected chi connectivity index (χ3v) is 8.11. The molecule has 154 valence electrons. The Hall–Kier alpha value is -2.32. The minimum Gasteiger partial charge on any atom is -0.356 e. The van der Waals surface area contributed by atoms with E-state index in [-0.39, 0.29) is 28.4 Å². The first-order valence-corrected chi connectivity index (χ1v) is 11.9. The van der Waals surface area contributed by atoms with Gasteiger partial charge in [0.1, 0.15) is 0 Å². The van der Waals surface area contributed by atoms with Crippen molar-refractivity contribution in [3.05, 3.63) is 54.1 Å². The SMILES string of the molecule is C[C@@H]1Sc2ccc(S(=O)(=O)[C@@H](C)CC(=O)NCCc3ccccc3)cc2NC1=O. The molecule has 2 amide bonds. The second kappa shape index (κ2) is 9.00. The van der Waals surface area contributed by atoms with Crippen LogP contribution < -0.4 is 10.6 Å². The molecule has 0 saturated heterocycles. The van der Waals surface area contributed by atoms with Crippen molar-refractivity contribution < 1.29 is 18.0 Å². The van der Waals surface area contributed by atoms with E-state index in [0.29, 0.717) is 18.7 Å². The Morgan fingerprint density at radius 3 is 2.66 bits per heavy atom. The third kappa shape index (κ3) is 5.19. The Balaban J connectivity index is 1.61. The molecule has 2 aromatic carbocycles. The van der Waals surface area contributed by atoms with Gasteiger partial charge < -0.3 is 10.6 Å². The molecule has 0 bridgehead atoms. The van der Waals surface area contributed by atoms with E-state index in [2.05, 4.69) is 10.6 Å². The quantitative estimate of drug-likeness (QED) is 0.702. The van der Waals surface area contributed by atoms with Crippen LogP contribution in [0.15, 0.2) is 58.3 Å². The average molecular weight is 433 g/mol. The van der Waals surface area contributed by atoms with Crippen molar-refractivity contribution in [3.63, 3.8) is 0 Å². The fourth-order valence-electron chi connectivity index (χ4n) is 3.03. The fraction of sp³-hybridized carbons (Fsp3) is 0.333. The summed E-state index contributed by atoms with van der Waals surface area (Å²) in [4.78, 5) is 25.0. The van der Waals surface area contributed by atoms with E-state index in [1.165, 1.54) is 30.8 Å². The Kier molecular flexibility index (Phi) is 6.64. The Bertz CT molecular complexity index is 1010. The zero-order chi connectivity index (χ0) is 21.0. The number of anilines is 1. The van der Waals surface area contributed by atoms with Crippen LogP contribution in [0.3, 0.4) is 0 Å². The van der Waals surface area contributed by atoms with Gasteiger partial charge in [-0.2, -0.15) is 0 Å². The number of hydrogen-bond donors (Lipinski definition) is 2. The van der Waals surface area contributed by atoms with Crippen LogP contribution >= 0.6 is 11.8 Å². The number of carbonyl (C=O) groups is 2. The minimum atomic E-state index is -3.70. The molecule has 0 fully saturated rings. The predicted octanol–water partition coefficient (Wildman–Crippen LogP) is 3.03. The molecule has 0 spiro atoms. The zero-order valence-electron chi connectivity index (χ0n) is 16.3. The van der Waals surface area contributed by atoms with Crippen LogP contribution in [0.1, 0.15) is 25.8 Å². The molecule has 0 radical (unpaired) electrons. The molecule has 2 atom stereocenters. The van der Waals surface area contributed by atoms with Gasteiger partial charge in [-0.1, -0.05) is 30.3 Å². The normalized spacial score (nSPS) is 17.2. The molecule has 29 heavy (non-hydrogen) atoms. The molecule has 0 aromatic heterocycles. The Morgan fingerprint density at radius 1 is 1.21 bits per heavy atom. The van der Waals surface area contributed by atoms with Gasteiger partial charge >= 0.3 is 0 Å². The summed E-state index contributed by atoms with van der Waals surface area (Å²) in [6.45, 7) is 3.78. The van der Waals surface area contributed by atoms with Crippen molar-refractivity contribution in [1.82, 2.24) is 5.32 Å². The van der Waals surface area contributed by atoms with Gasteiger partial charge in [0.05, 0.1) is 21.1 Å². The first-order chi connectivity index (χ1) is 13.8. The van der Waals surface area contributed by atoms with E-state index in [1.54, 1.807) is 13.0 Å². The van der Waals surface area contributed by atoms with Crippen LogP contribution in [0.25, 0.3) is 0 Å². The van der Waals surface area contributed by atoms with Crippen molar-refractivity contribution in [2.24, 2.45) is 0 Å². The summed E-state index contributed by atoms with van der Waals surface area (Å²) < 4.78 is 25.8. The molecule has 2 aromatic rings. The summed E-state index contributed by atoms with van der Waals surface area (Å²) in [7, 11) is -3.70. The van der Waals surface area contributed by atoms with Gasteiger partial charge in [0.2, 0.25) is 11.8 Å². The summed E-state index contributed by atoms with van der Waals surface area (Å²) in [5.41, 5.74) is 1.61. The monoisotopic (exact) mass is 432 g/mol. The smallest absolute Gasteiger partial charge is 0.237 e. The lowest BCUT2D eigenvalue weighted by molar-refractivity contribution is -0.121. The van der Waals surface area contributed by atoms with Crippen LogP contribution in [0, 0.1) is 0 Å². The maximum atomic E-state index is 12.9. The molecule has 0 aliphatic carbocycles. The molecule has 0 saturated carbocycles. The Labute approximate surface area is 175 Å². The average Bonchev–Trinajstić information content (AvgIpc) is 2.69. The lowest BCUT2D eigenvalue weighted by atomic mass is 10.1. The van der Waals surface area contributed by atoms with E-state index in [1.807, 2.05) is 30.3 Å². The highest BCUT2D eigenvalue weighted by molar-refractivity contribution is 8.01. The lowest BCUT2D eigenvalue weighted by Crippen LogP contribution is -2.31. The number of benzene rings is 2. The summed E-state index contributed by atoms with van der Waals surface area (Å²) in [5, 5.41) is 4.43. The number of sulfone groups is 1. The van der Waals surface area contributed by atoms with Crippen molar-refractivity contribution in [3.8, 4) is 0 Å². The van der Waals surface area contributed by atoms with Gasteiger partial charge in [-0.3, -0.25) is 9.59 Å². The number of hydrogen-bond acceptors (Lipinski definition) is 5. The molecule has 1 aliphatic rings. The minimum absolute atomic E-state index is 0.108. The number of nitrogens with one attached hydrogen (secondary N) is 2. The maximum Gasteiger partial charge on any atom is 0.237 e. The lowest BCUT2D eigenvalue weighted by Gasteiger charge is -2.22. The van der Waals surface area contributed by atoms with E-state index >= 15 is 0 Å². The van der Waals surface area contributed by atoms with Gasteiger partial charge in [0, 0.05) is 17.9 Å². The molecule has 1 heterocycles. The second-order valence-corrected chi connectivity index (χ2v) is 10.8. The molecule has 0 unspecified atom stereocenters. The molecule has 3 rings (SSSR count).